The molecule has 0 bridgehead atoms. The molecular formula is C30H38N2O4. The van der Waals surface area contributed by atoms with E-state index < -0.39 is 0 Å². The van der Waals surface area contributed by atoms with Crippen LogP contribution < -0.4 is 19.8 Å². The number of nitrogens with zero attached hydrogens (tertiary/aromatic N) is 1. The molecule has 0 unspecified atom stereocenters. The average Bonchev–Trinajstić information content (AvgIpc) is 2.85. The summed E-state index contributed by atoms with van der Waals surface area (Å²) in [5, 5.41) is 2.87. The lowest BCUT2D eigenvalue weighted by Crippen LogP contribution is -2.17. The van der Waals surface area contributed by atoms with Crippen molar-refractivity contribution in [1.29, 1.82) is 0 Å². The average molecular weight is 491 g/mol. The minimum atomic E-state index is -0.0746. The molecule has 0 amide bonds. The quantitative estimate of drug-likeness (QED) is 0.291. The molecule has 1 N–H and O–H groups in total. The molecule has 6 heteroatoms. The molecule has 36 heavy (non-hydrogen) atoms. The number of methoxy groups -OCH3 is 3. The zero-order valence-electron chi connectivity index (χ0n) is 21.5. The van der Waals surface area contributed by atoms with Gasteiger partial charge in [0.05, 0.1) is 26.8 Å². The van der Waals surface area contributed by atoms with Gasteiger partial charge < -0.3 is 19.2 Å². The van der Waals surface area contributed by atoms with Crippen molar-refractivity contribution in [2.45, 2.75) is 53.9 Å². The van der Waals surface area contributed by atoms with Crippen molar-refractivity contribution in [2.24, 2.45) is 5.92 Å². The van der Waals surface area contributed by atoms with Crippen LogP contribution in [0.2, 0.25) is 0 Å². The molecule has 0 aliphatic rings. The van der Waals surface area contributed by atoms with E-state index in [1.54, 1.807) is 21.3 Å². The van der Waals surface area contributed by atoms with E-state index in [-0.39, 0.29) is 13.0 Å². The Morgan fingerprint density at radius 3 is 2.25 bits per heavy atom. The zero-order valence-corrected chi connectivity index (χ0v) is 21.5. The van der Waals surface area contributed by atoms with Gasteiger partial charge in [-0.15, -0.1) is 0 Å². The zero-order chi connectivity index (χ0) is 25.1. The molecule has 4 aromatic rings. The number of fused-ring (bicyclic) bond motifs is 2. The summed E-state index contributed by atoms with van der Waals surface area (Å²) in [5.41, 5.74) is 4.53. The number of aromatic amines is 1. The molecule has 2 aromatic carbocycles. The van der Waals surface area contributed by atoms with Crippen molar-refractivity contribution >= 4 is 21.7 Å². The van der Waals surface area contributed by atoms with Gasteiger partial charge in [-0.2, -0.15) is 0 Å². The van der Waals surface area contributed by atoms with Gasteiger partial charge in [-0.1, -0.05) is 34.6 Å². The Kier molecular flexibility index (Phi) is 8.62. The smallest absolute Gasteiger partial charge is 0.252 e. The van der Waals surface area contributed by atoms with E-state index in [1.165, 1.54) is 0 Å². The van der Waals surface area contributed by atoms with Crippen LogP contribution in [0.1, 0.15) is 57.1 Å². The number of hydrogen-bond acceptors (Lipinski definition) is 5. The maximum atomic E-state index is 13.4. The summed E-state index contributed by atoms with van der Waals surface area (Å²) in [6, 6.07) is 12.0. The van der Waals surface area contributed by atoms with Crippen molar-refractivity contribution in [1.82, 2.24) is 9.97 Å². The van der Waals surface area contributed by atoms with E-state index in [9.17, 15) is 4.79 Å². The van der Waals surface area contributed by atoms with E-state index in [4.69, 9.17) is 19.2 Å². The molecule has 2 aromatic heterocycles. The molecule has 2 heterocycles. The number of pyridine rings is 2. The summed E-state index contributed by atoms with van der Waals surface area (Å²) in [6.07, 6.45) is 3.00. The Balaban J connectivity index is 0.00000361. The maximum absolute atomic E-state index is 13.4. The standard InChI is InChI=1S/C29H34N2O4.CH4/c1-7-8-25-22-16-28(35-6)27(34-5)15-21(22)23(29(32)31-25)14-19-12-18-13-20(33-4)9-10-24(18)30-26(19)11-17(2)3;/h9-10,12-13,15-17H,7-8,11,14H2,1-6H3,(H,31,32);1H4. The lowest BCUT2D eigenvalue weighted by Gasteiger charge is -2.17. The van der Waals surface area contributed by atoms with Gasteiger partial charge >= 0.3 is 0 Å². The van der Waals surface area contributed by atoms with Crippen LogP contribution in [0.5, 0.6) is 17.2 Å². The highest BCUT2D eigenvalue weighted by Gasteiger charge is 2.18. The Morgan fingerprint density at radius 2 is 1.64 bits per heavy atom. The van der Waals surface area contributed by atoms with Crippen molar-refractivity contribution in [3.63, 3.8) is 0 Å². The second-order valence-corrected chi connectivity index (χ2v) is 9.34. The van der Waals surface area contributed by atoms with Crippen LogP contribution >= 0.6 is 0 Å². The monoisotopic (exact) mass is 490 g/mol. The number of benzene rings is 2. The topological polar surface area (TPSA) is 73.4 Å². The molecule has 0 saturated heterocycles. The van der Waals surface area contributed by atoms with E-state index in [2.05, 4.69) is 31.8 Å². The molecule has 6 nitrogen and oxygen atoms in total. The Morgan fingerprint density at radius 1 is 0.944 bits per heavy atom. The van der Waals surface area contributed by atoms with E-state index in [1.807, 2.05) is 30.3 Å². The highest BCUT2D eigenvalue weighted by molar-refractivity contribution is 5.91. The maximum Gasteiger partial charge on any atom is 0.252 e. The van der Waals surface area contributed by atoms with Gasteiger partial charge in [-0.3, -0.25) is 9.78 Å². The second-order valence-electron chi connectivity index (χ2n) is 9.34. The Hall–Kier alpha value is -3.54. The first kappa shape index (κ1) is 27.1. The van der Waals surface area contributed by atoms with Gasteiger partial charge in [0, 0.05) is 34.1 Å². The van der Waals surface area contributed by atoms with Crippen molar-refractivity contribution in [3.8, 4) is 17.2 Å². The lowest BCUT2D eigenvalue weighted by atomic mass is 9.93. The Labute approximate surface area is 213 Å². The summed E-state index contributed by atoms with van der Waals surface area (Å²) in [4.78, 5) is 21.6. The molecular weight excluding hydrogens is 452 g/mol. The van der Waals surface area contributed by atoms with E-state index >= 15 is 0 Å². The van der Waals surface area contributed by atoms with Gasteiger partial charge in [0.25, 0.3) is 5.56 Å². The minimum Gasteiger partial charge on any atom is -0.497 e. The van der Waals surface area contributed by atoms with Gasteiger partial charge in [0.1, 0.15) is 5.75 Å². The summed E-state index contributed by atoms with van der Waals surface area (Å²) in [7, 11) is 4.90. The fourth-order valence-corrected chi connectivity index (χ4v) is 4.68. The first-order valence-electron chi connectivity index (χ1n) is 12.1. The van der Waals surface area contributed by atoms with Crippen LogP contribution in [-0.2, 0) is 19.3 Å². The number of aromatic nitrogens is 2. The normalized spacial score (nSPS) is 11.1. The van der Waals surface area contributed by atoms with Crippen LogP contribution in [0.15, 0.2) is 41.2 Å². The van der Waals surface area contributed by atoms with E-state index in [0.29, 0.717) is 29.4 Å². The first-order chi connectivity index (χ1) is 16.9. The van der Waals surface area contributed by atoms with Crippen molar-refractivity contribution in [2.75, 3.05) is 21.3 Å². The number of hydrogen-bond donors (Lipinski definition) is 1. The summed E-state index contributed by atoms with van der Waals surface area (Å²) < 4.78 is 16.6. The first-order valence-corrected chi connectivity index (χ1v) is 12.1. The molecule has 0 fully saturated rings. The SMILES string of the molecule is C.CCCc1[nH]c(=O)c(Cc2cc3cc(OC)ccc3nc2CC(C)C)c2cc(OC)c(OC)cc12. The van der Waals surface area contributed by atoms with Gasteiger partial charge in [-0.25, -0.2) is 0 Å². The van der Waals surface area contributed by atoms with Crippen molar-refractivity contribution in [3.05, 3.63) is 69.3 Å². The predicted molar refractivity (Wildman–Crippen MR) is 148 cm³/mol. The van der Waals surface area contributed by atoms with Crippen LogP contribution in [0.4, 0.5) is 0 Å². The molecule has 192 valence electrons. The second kappa shape index (κ2) is 11.5. The van der Waals surface area contributed by atoms with Crippen LogP contribution in [-0.4, -0.2) is 31.3 Å². The summed E-state index contributed by atoms with van der Waals surface area (Å²) in [6.45, 7) is 6.47. The minimum absolute atomic E-state index is 0. The lowest BCUT2D eigenvalue weighted by molar-refractivity contribution is 0.356. The largest absolute Gasteiger partial charge is 0.497 e. The fourth-order valence-electron chi connectivity index (χ4n) is 4.68. The van der Waals surface area contributed by atoms with Crippen LogP contribution in [0.3, 0.4) is 0 Å². The number of aryl methyl sites for hydroxylation is 1. The van der Waals surface area contributed by atoms with Crippen LogP contribution in [0.25, 0.3) is 21.7 Å². The van der Waals surface area contributed by atoms with Gasteiger partial charge in [0.15, 0.2) is 11.5 Å². The number of nitrogens with one attached hydrogen (secondary N) is 1. The summed E-state index contributed by atoms with van der Waals surface area (Å²) >= 11 is 0. The molecule has 0 radical (unpaired) electrons. The molecule has 0 aliphatic heterocycles. The number of H-pyrrole nitrogens is 1. The molecule has 0 aliphatic carbocycles. The molecule has 0 atom stereocenters. The van der Waals surface area contributed by atoms with E-state index in [0.717, 1.165) is 63.6 Å². The highest BCUT2D eigenvalue weighted by atomic mass is 16.5. The molecule has 0 saturated carbocycles. The third kappa shape index (κ3) is 5.32. The number of ether oxygens (including phenoxy) is 3. The fraction of sp³-hybridized carbons (Fsp3) is 0.400. The molecule has 0 spiro atoms. The molecule has 4 rings (SSSR count). The number of rotatable bonds is 9. The Bertz CT molecular complexity index is 1420. The summed E-state index contributed by atoms with van der Waals surface area (Å²) in [5.74, 6) is 2.47. The third-order valence-electron chi connectivity index (χ3n) is 6.37. The van der Waals surface area contributed by atoms with Crippen LogP contribution in [0, 0.1) is 5.92 Å². The predicted octanol–water partition coefficient (Wildman–Crippen LogP) is 6.48. The van der Waals surface area contributed by atoms with Crippen molar-refractivity contribution < 1.29 is 14.2 Å². The van der Waals surface area contributed by atoms with Gasteiger partial charge in [0.2, 0.25) is 0 Å². The highest BCUT2D eigenvalue weighted by Crippen LogP contribution is 2.35. The third-order valence-corrected chi connectivity index (χ3v) is 6.37. The van der Waals surface area contributed by atoms with Gasteiger partial charge in [-0.05, 0) is 66.1 Å².